The van der Waals surface area contributed by atoms with E-state index in [-0.39, 0.29) is 12.5 Å². The Morgan fingerprint density at radius 2 is 2.15 bits per heavy atom. The van der Waals surface area contributed by atoms with Crippen LogP contribution in [0.1, 0.15) is 50.8 Å². The summed E-state index contributed by atoms with van der Waals surface area (Å²) in [5.41, 5.74) is 0.941. The molecule has 1 aliphatic rings. The summed E-state index contributed by atoms with van der Waals surface area (Å²) in [4.78, 5) is 18.0. The number of hydrogen-bond donors (Lipinski definition) is 2. The molecule has 2 rings (SSSR count). The van der Waals surface area contributed by atoms with Crippen molar-refractivity contribution in [2.45, 2.75) is 51.6 Å². The number of rotatable bonds is 10. The quantitative estimate of drug-likeness (QED) is 0.367. The van der Waals surface area contributed by atoms with Crippen molar-refractivity contribution >= 4 is 11.9 Å². The van der Waals surface area contributed by atoms with Crippen LogP contribution < -0.4 is 10.6 Å². The van der Waals surface area contributed by atoms with Crippen molar-refractivity contribution in [1.29, 1.82) is 0 Å². The summed E-state index contributed by atoms with van der Waals surface area (Å²) in [6.45, 7) is 4.84. The number of guanidine groups is 1. The number of carbonyl (C=O) groups excluding carboxylic acids is 1. The Balaban J connectivity index is 1.88. The maximum atomic E-state index is 11.8. The second kappa shape index (κ2) is 11.6. The highest BCUT2D eigenvalue weighted by atomic mass is 16.5. The lowest BCUT2D eigenvalue weighted by atomic mass is 10.3. The summed E-state index contributed by atoms with van der Waals surface area (Å²) in [5, 5.41) is 11.0. The van der Waals surface area contributed by atoms with Crippen molar-refractivity contribution in [3.05, 3.63) is 18.0 Å². The molecule has 0 aromatic carbocycles. The topological polar surface area (TPSA) is 83.8 Å². The van der Waals surface area contributed by atoms with Crippen LogP contribution in [0.15, 0.2) is 17.3 Å². The zero-order valence-corrected chi connectivity index (χ0v) is 16.9. The number of aliphatic imine (C=N–C) groups is 1. The molecule has 1 fully saturated rings. The highest BCUT2D eigenvalue weighted by molar-refractivity contribution is 5.86. The third kappa shape index (κ3) is 7.58. The molecule has 0 radical (unpaired) electrons. The Hall–Kier alpha value is -2.09. The highest BCUT2D eigenvalue weighted by Crippen LogP contribution is 2.28. The summed E-state index contributed by atoms with van der Waals surface area (Å²) in [5.74, 6) is 0.626. The average Bonchev–Trinajstić information content (AvgIpc) is 3.34. The zero-order valence-electron chi connectivity index (χ0n) is 16.9. The third-order valence-electron chi connectivity index (χ3n) is 4.63. The van der Waals surface area contributed by atoms with Gasteiger partial charge >= 0.3 is 0 Å². The van der Waals surface area contributed by atoms with Gasteiger partial charge in [-0.3, -0.25) is 9.48 Å². The Labute approximate surface area is 162 Å². The van der Waals surface area contributed by atoms with E-state index >= 15 is 0 Å². The number of likely N-dealkylation sites (N-methyl/N-ethyl adjacent to an activating group) is 1. The van der Waals surface area contributed by atoms with Gasteiger partial charge < -0.3 is 20.3 Å². The molecule has 152 valence electrons. The van der Waals surface area contributed by atoms with Crippen LogP contribution in [0, 0.1) is 0 Å². The van der Waals surface area contributed by atoms with Crippen LogP contribution in [0.5, 0.6) is 0 Å². The molecule has 0 atom stereocenters. The maximum Gasteiger partial charge on any atom is 0.241 e. The van der Waals surface area contributed by atoms with Crippen molar-refractivity contribution in [2.75, 3.05) is 40.4 Å². The molecule has 0 bridgehead atoms. The van der Waals surface area contributed by atoms with Crippen LogP contribution in [0.3, 0.4) is 0 Å². The third-order valence-corrected chi connectivity index (χ3v) is 4.63. The lowest BCUT2D eigenvalue weighted by molar-refractivity contribution is -0.127. The minimum absolute atomic E-state index is 0.00401. The van der Waals surface area contributed by atoms with Crippen molar-refractivity contribution in [2.24, 2.45) is 4.99 Å². The van der Waals surface area contributed by atoms with Crippen LogP contribution in [0.2, 0.25) is 0 Å². The molecule has 27 heavy (non-hydrogen) atoms. The van der Waals surface area contributed by atoms with Gasteiger partial charge in [-0.25, -0.2) is 4.99 Å². The van der Waals surface area contributed by atoms with Crippen LogP contribution in [0.25, 0.3) is 0 Å². The van der Waals surface area contributed by atoms with Gasteiger partial charge in [0.15, 0.2) is 5.96 Å². The van der Waals surface area contributed by atoms with Gasteiger partial charge in [-0.2, -0.15) is 5.10 Å². The SMILES string of the molecule is CCOCCCNC(=NCc1ccn(C2CCCC2)n1)NCC(=O)N(C)C. The first kappa shape index (κ1) is 21.2. The van der Waals surface area contributed by atoms with Gasteiger partial charge in [0.25, 0.3) is 0 Å². The van der Waals surface area contributed by atoms with E-state index in [0.29, 0.717) is 25.2 Å². The van der Waals surface area contributed by atoms with E-state index in [0.717, 1.165) is 25.3 Å². The van der Waals surface area contributed by atoms with Crippen LogP contribution >= 0.6 is 0 Å². The number of hydrogen-bond acceptors (Lipinski definition) is 4. The molecule has 0 saturated heterocycles. The van der Waals surface area contributed by atoms with Crippen LogP contribution in [-0.2, 0) is 16.1 Å². The number of aromatic nitrogens is 2. The van der Waals surface area contributed by atoms with Gasteiger partial charge in [0.05, 0.1) is 24.8 Å². The molecule has 1 heterocycles. The largest absolute Gasteiger partial charge is 0.382 e. The summed E-state index contributed by atoms with van der Waals surface area (Å²) in [7, 11) is 3.48. The first-order valence-electron chi connectivity index (χ1n) is 9.94. The number of nitrogens with one attached hydrogen (secondary N) is 2. The van der Waals surface area contributed by atoms with Crippen LogP contribution in [0.4, 0.5) is 0 Å². The van der Waals surface area contributed by atoms with Crippen molar-refractivity contribution in [3.8, 4) is 0 Å². The molecule has 0 unspecified atom stereocenters. The van der Waals surface area contributed by atoms with E-state index in [2.05, 4.69) is 31.6 Å². The first-order valence-corrected chi connectivity index (χ1v) is 9.94. The van der Waals surface area contributed by atoms with E-state index in [1.54, 1.807) is 19.0 Å². The predicted octanol–water partition coefficient (Wildman–Crippen LogP) is 1.55. The summed E-state index contributed by atoms with van der Waals surface area (Å²) < 4.78 is 7.43. The van der Waals surface area contributed by atoms with Gasteiger partial charge in [0.2, 0.25) is 5.91 Å². The Morgan fingerprint density at radius 1 is 1.37 bits per heavy atom. The smallest absolute Gasteiger partial charge is 0.241 e. The lowest BCUT2D eigenvalue weighted by Crippen LogP contribution is -2.43. The van der Waals surface area contributed by atoms with Gasteiger partial charge in [-0.15, -0.1) is 0 Å². The molecular weight excluding hydrogens is 344 g/mol. The lowest BCUT2D eigenvalue weighted by Gasteiger charge is -2.15. The standard InChI is InChI=1S/C19H34N6O2/c1-4-27-13-7-11-20-19(22-15-18(26)24(2)3)21-14-16-10-12-25(23-16)17-8-5-6-9-17/h10,12,17H,4-9,11,13-15H2,1-3H3,(H2,20,21,22). The summed E-state index contributed by atoms with van der Waals surface area (Å²) in [6.07, 6.45) is 7.94. The van der Waals surface area contributed by atoms with E-state index in [1.807, 2.05) is 13.0 Å². The fourth-order valence-corrected chi connectivity index (χ4v) is 3.01. The second-order valence-corrected chi connectivity index (χ2v) is 7.01. The minimum Gasteiger partial charge on any atom is -0.382 e. The molecule has 8 heteroatoms. The fraction of sp³-hybridized carbons (Fsp3) is 0.737. The van der Waals surface area contributed by atoms with Crippen LogP contribution in [-0.4, -0.2) is 66.9 Å². The van der Waals surface area contributed by atoms with E-state index < -0.39 is 0 Å². The molecule has 1 aromatic heterocycles. The van der Waals surface area contributed by atoms with Crippen molar-refractivity contribution in [1.82, 2.24) is 25.3 Å². The van der Waals surface area contributed by atoms with Crippen molar-refractivity contribution in [3.63, 3.8) is 0 Å². The number of amides is 1. The molecule has 0 spiro atoms. The second-order valence-electron chi connectivity index (χ2n) is 7.01. The van der Waals surface area contributed by atoms with Crippen molar-refractivity contribution < 1.29 is 9.53 Å². The predicted molar refractivity (Wildman–Crippen MR) is 107 cm³/mol. The summed E-state index contributed by atoms with van der Waals surface area (Å²) >= 11 is 0. The van der Waals surface area contributed by atoms with E-state index in [9.17, 15) is 4.79 Å². The Morgan fingerprint density at radius 3 is 2.85 bits per heavy atom. The fourth-order valence-electron chi connectivity index (χ4n) is 3.01. The molecular formula is C19H34N6O2. The first-order chi connectivity index (χ1) is 13.1. The molecule has 1 aliphatic carbocycles. The monoisotopic (exact) mass is 378 g/mol. The van der Waals surface area contributed by atoms with E-state index in [1.165, 1.54) is 25.7 Å². The zero-order chi connectivity index (χ0) is 19.5. The number of nitrogens with zero attached hydrogens (tertiary/aromatic N) is 4. The molecule has 2 N–H and O–H groups in total. The highest BCUT2D eigenvalue weighted by Gasteiger charge is 2.17. The normalized spacial score (nSPS) is 15.1. The molecule has 1 aromatic rings. The van der Waals surface area contributed by atoms with Gasteiger partial charge in [-0.05, 0) is 32.3 Å². The molecule has 1 amide bonds. The van der Waals surface area contributed by atoms with E-state index in [4.69, 9.17) is 4.74 Å². The Kier molecular flexibility index (Phi) is 9.10. The summed E-state index contributed by atoms with van der Waals surface area (Å²) in [6, 6.07) is 2.56. The maximum absolute atomic E-state index is 11.8. The number of carbonyl (C=O) groups is 1. The minimum atomic E-state index is 0.00401. The average molecular weight is 379 g/mol. The molecule has 0 aliphatic heterocycles. The molecule has 8 nitrogen and oxygen atoms in total. The van der Waals surface area contributed by atoms with Gasteiger partial charge in [0, 0.05) is 40.1 Å². The van der Waals surface area contributed by atoms with Gasteiger partial charge in [0.1, 0.15) is 0 Å². The molecule has 1 saturated carbocycles. The van der Waals surface area contributed by atoms with Gasteiger partial charge in [-0.1, -0.05) is 12.8 Å². The Bertz CT molecular complexity index is 593. The number of ether oxygens (including phenoxy) is 1.